The number of hydrogen-bond donors (Lipinski definition) is 1. The van der Waals surface area contributed by atoms with Gasteiger partial charge in [0.15, 0.2) is 0 Å². The topological polar surface area (TPSA) is 65.5 Å². The number of rotatable bonds is 6. The molecule has 3 amide bonds. The highest BCUT2D eigenvalue weighted by molar-refractivity contribution is 8.00. The van der Waals surface area contributed by atoms with E-state index in [9.17, 15) is 22.8 Å². The van der Waals surface area contributed by atoms with Gasteiger partial charge in [-0.05, 0) is 73.3 Å². The highest BCUT2D eigenvalue weighted by Crippen LogP contribution is 2.50. The molecule has 2 heterocycles. The van der Waals surface area contributed by atoms with Crippen molar-refractivity contribution in [3.63, 3.8) is 0 Å². The summed E-state index contributed by atoms with van der Waals surface area (Å²) in [5.41, 5.74) is -3.22. The summed E-state index contributed by atoms with van der Waals surface area (Å²) in [7, 11) is 0. The van der Waals surface area contributed by atoms with Gasteiger partial charge in [0.05, 0.1) is 24.1 Å². The van der Waals surface area contributed by atoms with Crippen LogP contribution in [0.2, 0.25) is 0 Å². The molecule has 0 atom stereocenters. The number of hydrogen-bond acceptors (Lipinski definition) is 5. The predicted octanol–water partition coefficient (Wildman–Crippen LogP) is 5.94. The summed E-state index contributed by atoms with van der Waals surface area (Å²) in [4.78, 5) is 33.6. The molecule has 10 heteroatoms. The van der Waals surface area contributed by atoms with Crippen LogP contribution in [0.5, 0.6) is 0 Å². The number of nitrogens with one attached hydrogen (secondary N) is 1. The van der Waals surface area contributed by atoms with Gasteiger partial charge in [-0.3, -0.25) is 9.78 Å². The predicted molar refractivity (Wildman–Crippen MR) is 123 cm³/mol. The first-order valence-electron chi connectivity index (χ1n) is 11.5. The van der Waals surface area contributed by atoms with Crippen LogP contribution in [0.3, 0.4) is 0 Å². The fourth-order valence-corrected chi connectivity index (χ4v) is 5.43. The van der Waals surface area contributed by atoms with Gasteiger partial charge in [-0.15, -0.1) is 0 Å². The molecule has 1 N–H and O–H groups in total. The third kappa shape index (κ3) is 4.47. The molecule has 180 valence electrons. The van der Waals surface area contributed by atoms with Crippen LogP contribution in [0.1, 0.15) is 50.5 Å². The number of carbonyl (C=O) groups excluding carboxylic acids is 2. The van der Waals surface area contributed by atoms with E-state index < -0.39 is 17.1 Å². The molecule has 0 radical (unpaired) electrons. The molecule has 1 spiro atoms. The Morgan fingerprint density at radius 3 is 2.41 bits per heavy atom. The van der Waals surface area contributed by atoms with E-state index in [1.807, 2.05) is 6.07 Å². The van der Waals surface area contributed by atoms with Crippen LogP contribution in [-0.2, 0) is 11.3 Å². The monoisotopic (exact) mass is 490 g/mol. The van der Waals surface area contributed by atoms with Gasteiger partial charge in [-0.1, -0.05) is 19.3 Å². The summed E-state index contributed by atoms with van der Waals surface area (Å²) >= 11 is -0.228. The Kier molecular flexibility index (Phi) is 5.95. The molecular weight excluding hydrogens is 465 g/mol. The molecule has 2 aliphatic carbocycles. The summed E-state index contributed by atoms with van der Waals surface area (Å²) < 4.78 is 37.9. The van der Waals surface area contributed by atoms with E-state index in [0.717, 1.165) is 29.0 Å². The highest BCUT2D eigenvalue weighted by Gasteiger charge is 2.65. The van der Waals surface area contributed by atoms with Crippen LogP contribution in [-0.4, -0.2) is 38.9 Å². The minimum absolute atomic E-state index is 0.00329. The van der Waals surface area contributed by atoms with E-state index in [1.54, 1.807) is 17.3 Å². The zero-order valence-electron chi connectivity index (χ0n) is 18.5. The van der Waals surface area contributed by atoms with Gasteiger partial charge >= 0.3 is 11.5 Å². The first-order chi connectivity index (χ1) is 16.3. The van der Waals surface area contributed by atoms with Gasteiger partial charge in [0.25, 0.3) is 5.91 Å². The summed E-state index contributed by atoms with van der Waals surface area (Å²) in [5.74, 6) is -0.315. The molecule has 3 fully saturated rings. The fraction of sp³-hybridized carbons (Fsp3) is 0.458. The zero-order valence-corrected chi connectivity index (χ0v) is 19.3. The maximum Gasteiger partial charge on any atom is 0.446 e. The Balaban J connectivity index is 1.36. The number of benzene rings is 1. The van der Waals surface area contributed by atoms with Crippen LogP contribution < -0.4 is 10.2 Å². The van der Waals surface area contributed by atoms with E-state index in [2.05, 4.69) is 10.3 Å². The lowest BCUT2D eigenvalue weighted by molar-refractivity contribution is -0.120. The molecule has 1 saturated heterocycles. The largest absolute Gasteiger partial charge is 0.446 e. The van der Waals surface area contributed by atoms with Gasteiger partial charge in [-0.2, -0.15) is 13.2 Å². The van der Waals surface area contributed by atoms with E-state index in [0.29, 0.717) is 18.9 Å². The van der Waals surface area contributed by atoms with Gasteiger partial charge < -0.3 is 10.2 Å². The number of imide groups is 1. The number of thioether (sulfide) groups is 1. The molecule has 0 bridgehead atoms. The zero-order chi connectivity index (χ0) is 23.9. The second-order valence-electron chi connectivity index (χ2n) is 9.09. The first kappa shape index (κ1) is 23.0. The maximum absolute atomic E-state index is 13.4. The summed E-state index contributed by atoms with van der Waals surface area (Å²) in [5, 5.41) is 3.57. The molecule has 0 unspecified atom stereocenters. The molecule has 2 aromatic rings. The smallest absolute Gasteiger partial charge is 0.381 e. The number of alkyl halides is 3. The lowest BCUT2D eigenvalue weighted by atomic mass is 9.95. The average molecular weight is 491 g/mol. The van der Waals surface area contributed by atoms with Crippen LogP contribution in [0, 0.1) is 0 Å². The summed E-state index contributed by atoms with van der Waals surface area (Å²) in [6, 6.07) is 7.14. The van der Waals surface area contributed by atoms with Crippen LogP contribution in [0.4, 0.5) is 29.3 Å². The van der Waals surface area contributed by atoms with E-state index in [1.165, 1.54) is 43.5 Å². The van der Waals surface area contributed by atoms with Crippen LogP contribution >= 0.6 is 11.8 Å². The van der Waals surface area contributed by atoms with E-state index >= 15 is 0 Å². The number of nitrogens with zero attached hydrogens (tertiary/aromatic N) is 3. The SMILES string of the molecule is O=C1N(c2ccc(SC(F)(F)F)cc2)C(=O)C2(CC2)N1Cc1ccncc1NC1CCCCC1. The van der Waals surface area contributed by atoms with Crippen molar-refractivity contribution in [3.8, 4) is 0 Å². The van der Waals surface area contributed by atoms with Gasteiger partial charge in [0, 0.05) is 17.1 Å². The molecule has 5 rings (SSSR count). The number of amides is 3. The number of anilines is 2. The van der Waals surface area contributed by atoms with E-state index in [-0.39, 0.29) is 34.8 Å². The van der Waals surface area contributed by atoms with Crippen molar-refractivity contribution in [2.45, 2.75) is 73.5 Å². The summed E-state index contributed by atoms with van der Waals surface area (Å²) in [6.07, 6.45) is 10.4. The summed E-state index contributed by atoms with van der Waals surface area (Å²) in [6.45, 7) is 0.265. The van der Waals surface area contributed by atoms with Crippen molar-refractivity contribution < 1.29 is 22.8 Å². The highest BCUT2D eigenvalue weighted by atomic mass is 32.2. The standard InChI is InChI=1S/C24H25F3N4O2S/c25-24(26,27)34-19-8-6-18(7-9-19)31-21(32)23(11-12-23)30(22(31)33)15-16-10-13-28-14-20(16)29-17-4-2-1-3-5-17/h6-10,13-14,17,29H,1-5,11-12,15H2. The molecule has 34 heavy (non-hydrogen) atoms. The third-order valence-corrected chi connectivity index (χ3v) is 7.54. The molecule has 2 saturated carbocycles. The Hall–Kier alpha value is -2.75. The number of aromatic nitrogens is 1. The fourth-order valence-electron chi connectivity index (χ4n) is 4.89. The minimum atomic E-state index is -4.40. The minimum Gasteiger partial charge on any atom is -0.381 e. The van der Waals surface area contributed by atoms with Crippen molar-refractivity contribution in [2.24, 2.45) is 0 Å². The third-order valence-electron chi connectivity index (χ3n) is 6.80. The maximum atomic E-state index is 13.4. The van der Waals surface area contributed by atoms with Crippen molar-refractivity contribution in [2.75, 3.05) is 10.2 Å². The van der Waals surface area contributed by atoms with Gasteiger partial charge in [-0.25, -0.2) is 9.69 Å². The van der Waals surface area contributed by atoms with Crippen LogP contribution in [0.15, 0.2) is 47.6 Å². The Labute approximate surface area is 199 Å². The van der Waals surface area contributed by atoms with Crippen molar-refractivity contribution in [1.82, 2.24) is 9.88 Å². The molecule has 1 aromatic heterocycles. The van der Waals surface area contributed by atoms with Gasteiger partial charge in [0.1, 0.15) is 5.54 Å². The second-order valence-corrected chi connectivity index (χ2v) is 10.2. The number of pyridine rings is 1. The lowest BCUT2D eigenvalue weighted by Gasteiger charge is -2.27. The van der Waals surface area contributed by atoms with E-state index in [4.69, 9.17) is 0 Å². The van der Waals surface area contributed by atoms with Crippen molar-refractivity contribution in [1.29, 1.82) is 0 Å². The molecule has 1 aromatic carbocycles. The average Bonchev–Trinajstić information content (AvgIpc) is 3.58. The van der Waals surface area contributed by atoms with Crippen molar-refractivity contribution >= 4 is 35.1 Å². The molecule has 1 aliphatic heterocycles. The second kappa shape index (κ2) is 8.79. The quantitative estimate of drug-likeness (QED) is 0.401. The lowest BCUT2D eigenvalue weighted by Crippen LogP contribution is -2.37. The normalized spacial score (nSPS) is 20.3. The van der Waals surface area contributed by atoms with Gasteiger partial charge in [0.2, 0.25) is 0 Å². The Morgan fingerprint density at radius 2 is 1.76 bits per heavy atom. The Morgan fingerprint density at radius 1 is 1.06 bits per heavy atom. The number of urea groups is 1. The molecule has 6 nitrogen and oxygen atoms in total. The number of carbonyl (C=O) groups is 2. The Bertz CT molecular complexity index is 1080. The van der Waals surface area contributed by atoms with Crippen LogP contribution in [0.25, 0.3) is 0 Å². The molecule has 3 aliphatic rings. The van der Waals surface area contributed by atoms with Crippen molar-refractivity contribution in [3.05, 3.63) is 48.3 Å². The first-order valence-corrected chi connectivity index (χ1v) is 12.3. The molecular formula is C24H25F3N4O2S. The number of halogens is 3.